The van der Waals surface area contributed by atoms with Crippen molar-refractivity contribution in [3.8, 4) is 0 Å². The van der Waals surface area contributed by atoms with Gasteiger partial charge >= 0.3 is 6.09 Å². The van der Waals surface area contributed by atoms with Crippen molar-refractivity contribution < 1.29 is 14.3 Å². The summed E-state index contributed by atoms with van der Waals surface area (Å²) in [5.41, 5.74) is 1.76. The first kappa shape index (κ1) is 20.4. The van der Waals surface area contributed by atoms with Crippen molar-refractivity contribution in [2.75, 3.05) is 44.3 Å². The number of nitrogens with zero attached hydrogens (tertiary/aromatic N) is 3. The van der Waals surface area contributed by atoms with Gasteiger partial charge in [0, 0.05) is 31.9 Å². The van der Waals surface area contributed by atoms with Gasteiger partial charge in [-0.25, -0.2) is 9.78 Å². The third-order valence-electron chi connectivity index (χ3n) is 6.49. The minimum atomic E-state index is -0.272. The number of pyridine rings is 1. The summed E-state index contributed by atoms with van der Waals surface area (Å²) in [4.78, 5) is 21.2. The van der Waals surface area contributed by atoms with E-state index in [1.807, 2.05) is 20.0 Å². The number of aromatic nitrogens is 1. The molecule has 4 rings (SSSR count). The molecule has 0 atom stereocenters. The molecule has 3 aliphatic rings. The van der Waals surface area contributed by atoms with Crippen LogP contribution in [-0.2, 0) is 16.0 Å². The van der Waals surface area contributed by atoms with Gasteiger partial charge in [-0.3, -0.25) is 4.90 Å². The lowest BCUT2D eigenvalue weighted by atomic mass is 9.60. The molecule has 1 spiro atoms. The number of carbonyl (C=O) groups is 1. The Labute approximate surface area is 173 Å². The highest BCUT2D eigenvalue weighted by Gasteiger charge is 2.46. The quantitative estimate of drug-likeness (QED) is 0.817. The average Bonchev–Trinajstić information content (AvgIpc) is 2.69. The SMILES string of the molecule is CC(C)OC(=O)NC1CC2(CCN(Cc3ccnc(N4CCOCC4)c3)CC2)C1. The first-order chi connectivity index (χ1) is 14.0. The number of rotatable bonds is 5. The van der Waals surface area contributed by atoms with Crippen LogP contribution in [0.2, 0.25) is 0 Å². The van der Waals surface area contributed by atoms with Gasteiger partial charge in [0.2, 0.25) is 0 Å². The van der Waals surface area contributed by atoms with Crippen LogP contribution in [0.15, 0.2) is 18.3 Å². The highest BCUT2D eigenvalue weighted by Crippen LogP contribution is 2.49. The third kappa shape index (κ3) is 5.20. The fourth-order valence-electron chi connectivity index (χ4n) is 4.88. The molecule has 1 N–H and O–H groups in total. The first-order valence-corrected chi connectivity index (χ1v) is 11.0. The Balaban J connectivity index is 1.22. The molecule has 0 bridgehead atoms. The summed E-state index contributed by atoms with van der Waals surface area (Å²) in [6, 6.07) is 4.65. The number of nitrogens with one attached hydrogen (secondary N) is 1. The monoisotopic (exact) mass is 402 g/mol. The standard InChI is InChI=1S/C22H34N4O3/c1-17(2)29-21(27)24-19-14-22(15-19)4-7-25(8-5-22)16-18-3-6-23-20(13-18)26-9-11-28-12-10-26/h3,6,13,17,19H,4-5,7-12,14-16H2,1-2H3,(H,24,27). The van der Waals surface area contributed by atoms with Crippen molar-refractivity contribution >= 4 is 11.9 Å². The normalized spacial score (nSPS) is 22.5. The lowest BCUT2D eigenvalue weighted by Crippen LogP contribution is -2.55. The van der Waals surface area contributed by atoms with Gasteiger partial charge in [0.05, 0.1) is 19.3 Å². The molecule has 1 amide bonds. The summed E-state index contributed by atoms with van der Waals surface area (Å²) in [5.74, 6) is 1.07. The lowest BCUT2D eigenvalue weighted by Gasteiger charge is -2.52. The molecule has 0 unspecified atom stereocenters. The Kier molecular flexibility index (Phi) is 6.25. The first-order valence-electron chi connectivity index (χ1n) is 11.0. The van der Waals surface area contributed by atoms with Gasteiger partial charge in [-0.2, -0.15) is 0 Å². The summed E-state index contributed by atoms with van der Waals surface area (Å²) < 4.78 is 10.6. The smallest absolute Gasteiger partial charge is 0.407 e. The molecular weight excluding hydrogens is 368 g/mol. The van der Waals surface area contributed by atoms with E-state index in [4.69, 9.17) is 9.47 Å². The average molecular weight is 403 g/mol. The number of piperidine rings is 1. The van der Waals surface area contributed by atoms with Crippen molar-refractivity contribution in [3.63, 3.8) is 0 Å². The largest absolute Gasteiger partial charge is 0.447 e. The molecule has 1 aliphatic carbocycles. The van der Waals surface area contributed by atoms with Crippen LogP contribution < -0.4 is 10.2 Å². The minimum absolute atomic E-state index is 0.0655. The highest BCUT2D eigenvalue weighted by atomic mass is 16.6. The van der Waals surface area contributed by atoms with E-state index < -0.39 is 0 Å². The van der Waals surface area contributed by atoms with E-state index >= 15 is 0 Å². The molecule has 0 radical (unpaired) electrons. The van der Waals surface area contributed by atoms with Crippen LogP contribution in [0, 0.1) is 5.41 Å². The van der Waals surface area contributed by atoms with Crippen LogP contribution >= 0.6 is 0 Å². The second-order valence-corrected chi connectivity index (χ2v) is 9.10. The van der Waals surface area contributed by atoms with Gasteiger partial charge in [0.15, 0.2) is 0 Å². The van der Waals surface area contributed by atoms with Crippen molar-refractivity contribution in [1.29, 1.82) is 0 Å². The van der Waals surface area contributed by atoms with E-state index in [2.05, 4.69) is 32.2 Å². The number of amides is 1. The topological polar surface area (TPSA) is 66.9 Å². The number of alkyl carbamates (subject to hydrolysis) is 1. The molecule has 0 aromatic carbocycles. The van der Waals surface area contributed by atoms with Crippen LogP contribution in [-0.4, -0.2) is 67.5 Å². The molecule has 3 fully saturated rings. The molecule has 1 saturated carbocycles. The van der Waals surface area contributed by atoms with Crippen molar-refractivity contribution in [2.24, 2.45) is 5.41 Å². The number of anilines is 1. The van der Waals surface area contributed by atoms with E-state index in [0.717, 1.165) is 64.6 Å². The molecule has 2 aliphatic heterocycles. The second kappa shape index (κ2) is 8.88. The number of likely N-dealkylation sites (tertiary alicyclic amines) is 1. The predicted molar refractivity (Wildman–Crippen MR) is 112 cm³/mol. The number of ether oxygens (including phenoxy) is 2. The number of hydrogen-bond donors (Lipinski definition) is 1. The van der Waals surface area contributed by atoms with Gasteiger partial charge in [0.25, 0.3) is 0 Å². The predicted octanol–water partition coefficient (Wildman–Crippen LogP) is 2.80. The molecule has 1 aromatic heterocycles. The Morgan fingerprint density at radius 2 is 2.00 bits per heavy atom. The fourth-order valence-corrected chi connectivity index (χ4v) is 4.88. The van der Waals surface area contributed by atoms with Gasteiger partial charge in [0.1, 0.15) is 5.82 Å². The number of carbonyl (C=O) groups excluding carboxylic acids is 1. The molecular formula is C22H34N4O3. The summed E-state index contributed by atoms with van der Waals surface area (Å²) in [6.07, 6.45) is 6.20. The Morgan fingerprint density at radius 3 is 2.69 bits per heavy atom. The molecule has 160 valence electrons. The molecule has 7 heteroatoms. The summed E-state index contributed by atoms with van der Waals surface area (Å²) in [7, 11) is 0. The third-order valence-corrected chi connectivity index (χ3v) is 6.49. The summed E-state index contributed by atoms with van der Waals surface area (Å²) in [6.45, 7) is 10.4. The molecule has 1 aromatic rings. The van der Waals surface area contributed by atoms with Crippen molar-refractivity contribution in [3.05, 3.63) is 23.9 Å². The number of hydrogen-bond acceptors (Lipinski definition) is 6. The highest BCUT2D eigenvalue weighted by molar-refractivity contribution is 5.68. The zero-order chi connectivity index (χ0) is 20.3. The minimum Gasteiger partial charge on any atom is -0.447 e. The van der Waals surface area contributed by atoms with Crippen molar-refractivity contribution in [1.82, 2.24) is 15.2 Å². The van der Waals surface area contributed by atoms with Crippen LogP contribution in [0.3, 0.4) is 0 Å². The lowest BCUT2D eigenvalue weighted by molar-refractivity contribution is 0.00186. The maximum absolute atomic E-state index is 11.8. The second-order valence-electron chi connectivity index (χ2n) is 9.10. The fraction of sp³-hybridized carbons (Fsp3) is 0.727. The molecule has 3 heterocycles. The van der Waals surface area contributed by atoms with E-state index in [1.165, 1.54) is 18.4 Å². The summed E-state index contributed by atoms with van der Waals surface area (Å²) >= 11 is 0. The van der Waals surface area contributed by atoms with Crippen LogP contribution in [0.5, 0.6) is 0 Å². The van der Waals surface area contributed by atoms with Crippen LogP contribution in [0.4, 0.5) is 10.6 Å². The molecule has 2 saturated heterocycles. The maximum atomic E-state index is 11.8. The van der Waals surface area contributed by atoms with Gasteiger partial charge in [-0.15, -0.1) is 0 Å². The maximum Gasteiger partial charge on any atom is 0.407 e. The van der Waals surface area contributed by atoms with Gasteiger partial charge in [-0.1, -0.05) is 0 Å². The Hall–Kier alpha value is -1.86. The van der Waals surface area contributed by atoms with Crippen molar-refractivity contribution in [2.45, 2.75) is 58.2 Å². The molecule has 29 heavy (non-hydrogen) atoms. The van der Waals surface area contributed by atoms with Crippen LogP contribution in [0.1, 0.15) is 45.1 Å². The Morgan fingerprint density at radius 1 is 1.28 bits per heavy atom. The van der Waals surface area contributed by atoms with Crippen LogP contribution in [0.25, 0.3) is 0 Å². The number of morpholine rings is 1. The van der Waals surface area contributed by atoms with E-state index in [0.29, 0.717) is 5.41 Å². The molecule has 7 nitrogen and oxygen atoms in total. The van der Waals surface area contributed by atoms with E-state index in [1.54, 1.807) is 0 Å². The van der Waals surface area contributed by atoms with Gasteiger partial charge in [-0.05, 0) is 75.7 Å². The van der Waals surface area contributed by atoms with E-state index in [9.17, 15) is 4.79 Å². The summed E-state index contributed by atoms with van der Waals surface area (Å²) in [5, 5.41) is 3.01. The van der Waals surface area contributed by atoms with Gasteiger partial charge < -0.3 is 19.7 Å². The zero-order valence-corrected chi connectivity index (χ0v) is 17.7. The van der Waals surface area contributed by atoms with E-state index in [-0.39, 0.29) is 18.2 Å². The Bertz CT molecular complexity index is 689. The zero-order valence-electron chi connectivity index (χ0n) is 17.7.